The Morgan fingerprint density at radius 3 is 2.89 bits per heavy atom. The van der Waals surface area contributed by atoms with Gasteiger partial charge in [0.25, 0.3) is 0 Å². The quantitative estimate of drug-likeness (QED) is 0.879. The van der Waals surface area contributed by atoms with Gasteiger partial charge in [0.05, 0.1) is 5.69 Å². The summed E-state index contributed by atoms with van der Waals surface area (Å²) in [4.78, 5) is 8.50. The van der Waals surface area contributed by atoms with Crippen LogP contribution in [0.15, 0.2) is 30.6 Å². The van der Waals surface area contributed by atoms with Crippen molar-refractivity contribution in [3.8, 4) is 17.4 Å². The monoisotopic (exact) mass is 242 g/mol. The average molecular weight is 242 g/mol. The van der Waals surface area contributed by atoms with E-state index >= 15 is 0 Å². The van der Waals surface area contributed by atoms with Gasteiger partial charge in [0.2, 0.25) is 5.88 Å². The van der Waals surface area contributed by atoms with E-state index in [1.54, 1.807) is 30.6 Å². The first kappa shape index (κ1) is 11.0. The summed E-state index contributed by atoms with van der Waals surface area (Å²) in [7, 11) is 0. The van der Waals surface area contributed by atoms with Crippen molar-refractivity contribution in [1.82, 2.24) is 9.97 Å². The van der Waals surface area contributed by atoms with Crippen LogP contribution in [0.1, 0.15) is 24.1 Å². The van der Waals surface area contributed by atoms with E-state index in [-0.39, 0.29) is 5.75 Å². The van der Waals surface area contributed by atoms with Crippen LogP contribution in [0.5, 0.6) is 17.4 Å². The lowest BCUT2D eigenvalue weighted by Crippen LogP contribution is -2.08. The van der Waals surface area contributed by atoms with Gasteiger partial charge >= 0.3 is 0 Å². The van der Waals surface area contributed by atoms with Gasteiger partial charge in [-0.1, -0.05) is 6.07 Å². The molecule has 0 saturated carbocycles. The molecule has 1 aromatic carbocycles. The van der Waals surface area contributed by atoms with E-state index < -0.39 is 0 Å². The Hall–Kier alpha value is -2.10. The molecule has 0 spiro atoms. The highest BCUT2D eigenvalue weighted by Gasteiger charge is 2.16. The lowest BCUT2D eigenvalue weighted by molar-refractivity contribution is 0.435. The zero-order valence-electron chi connectivity index (χ0n) is 9.97. The molecule has 0 unspecified atom stereocenters. The van der Waals surface area contributed by atoms with Gasteiger partial charge in [-0.2, -0.15) is 0 Å². The summed E-state index contributed by atoms with van der Waals surface area (Å²) in [6.45, 7) is 0. The van der Waals surface area contributed by atoms with Crippen LogP contribution < -0.4 is 4.74 Å². The largest absolute Gasteiger partial charge is 0.508 e. The Morgan fingerprint density at radius 1 is 1.11 bits per heavy atom. The number of nitrogens with zero attached hydrogens (tertiary/aromatic N) is 2. The first-order chi connectivity index (χ1) is 8.83. The molecule has 2 aromatic rings. The molecule has 0 amide bonds. The van der Waals surface area contributed by atoms with Crippen LogP contribution in [0.3, 0.4) is 0 Å². The van der Waals surface area contributed by atoms with E-state index in [0.717, 1.165) is 30.5 Å². The first-order valence-electron chi connectivity index (χ1n) is 6.12. The Bertz CT molecular complexity index is 569. The highest BCUT2D eigenvalue weighted by atomic mass is 16.5. The third-order valence-electron chi connectivity index (χ3n) is 3.12. The third-order valence-corrected chi connectivity index (χ3v) is 3.12. The van der Waals surface area contributed by atoms with Crippen molar-refractivity contribution in [2.75, 3.05) is 0 Å². The van der Waals surface area contributed by atoms with Gasteiger partial charge in [0.1, 0.15) is 17.8 Å². The SMILES string of the molecule is Oc1cccc(Oc2ncnc3c2CCCC3)c1. The standard InChI is InChI=1S/C14H14N2O2/c17-10-4-3-5-11(8-10)18-14-12-6-1-2-7-13(12)15-9-16-14/h3-5,8-9,17H,1-2,6-7H2. The Morgan fingerprint density at radius 2 is 2.00 bits per heavy atom. The maximum Gasteiger partial charge on any atom is 0.225 e. The molecule has 0 aliphatic heterocycles. The smallest absolute Gasteiger partial charge is 0.225 e. The van der Waals surface area contributed by atoms with Crippen LogP contribution >= 0.6 is 0 Å². The minimum absolute atomic E-state index is 0.190. The van der Waals surface area contributed by atoms with Crippen molar-refractivity contribution in [1.29, 1.82) is 0 Å². The number of hydrogen-bond donors (Lipinski definition) is 1. The molecule has 0 radical (unpaired) electrons. The molecule has 0 saturated heterocycles. The minimum Gasteiger partial charge on any atom is -0.508 e. The summed E-state index contributed by atoms with van der Waals surface area (Å²) in [5.41, 5.74) is 2.19. The van der Waals surface area contributed by atoms with E-state index in [4.69, 9.17) is 4.74 Å². The van der Waals surface area contributed by atoms with Gasteiger partial charge in [-0.05, 0) is 37.8 Å². The molecule has 4 nitrogen and oxygen atoms in total. The number of benzene rings is 1. The van der Waals surface area contributed by atoms with Gasteiger partial charge in [0, 0.05) is 11.6 Å². The van der Waals surface area contributed by atoms with Crippen LogP contribution in [0, 0.1) is 0 Å². The second-order valence-electron chi connectivity index (χ2n) is 4.41. The molecule has 0 atom stereocenters. The molecule has 1 aliphatic rings. The normalized spacial score (nSPS) is 14.0. The topological polar surface area (TPSA) is 55.2 Å². The van der Waals surface area contributed by atoms with E-state index in [0.29, 0.717) is 11.6 Å². The predicted octanol–water partition coefficient (Wildman–Crippen LogP) is 2.85. The molecule has 18 heavy (non-hydrogen) atoms. The minimum atomic E-state index is 0.190. The lowest BCUT2D eigenvalue weighted by atomic mass is 9.97. The van der Waals surface area contributed by atoms with Gasteiger partial charge in [-0.3, -0.25) is 0 Å². The van der Waals surface area contributed by atoms with Gasteiger partial charge in [-0.25, -0.2) is 9.97 Å². The van der Waals surface area contributed by atoms with Crippen molar-refractivity contribution < 1.29 is 9.84 Å². The molecule has 3 rings (SSSR count). The molecule has 1 N–H and O–H groups in total. The second kappa shape index (κ2) is 4.64. The number of aromatic hydroxyl groups is 1. The highest BCUT2D eigenvalue weighted by molar-refractivity contribution is 5.38. The Labute approximate surface area is 105 Å². The molecule has 92 valence electrons. The van der Waals surface area contributed by atoms with E-state index in [1.165, 1.54) is 6.42 Å². The van der Waals surface area contributed by atoms with Gasteiger partial charge < -0.3 is 9.84 Å². The Kier molecular flexibility index (Phi) is 2.84. The van der Waals surface area contributed by atoms with E-state index in [1.807, 2.05) is 0 Å². The molecular weight excluding hydrogens is 228 g/mol. The molecule has 4 heteroatoms. The van der Waals surface area contributed by atoms with Crippen molar-refractivity contribution in [3.05, 3.63) is 41.9 Å². The average Bonchev–Trinajstić information content (AvgIpc) is 2.39. The van der Waals surface area contributed by atoms with Crippen LogP contribution in [-0.2, 0) is 12.8 Å². The van der Waals surface area contributed by atoms with Crippen LogP contribution in [0.25, 0.3) is 0 Å². The van der Waals surface area contributed by atoms with Crippen LogP contribution in [0.4, 0.5) is 0 Å². The fourth-order valence-corrected chi connectivity index (χ4v) is 2.24. The first-order valence-corrected chi connectivity index (χ1v) is 6.12. The zero-order valence-corrected chi connectivity index (χ0v) is 9.97. The Balaban J connectivity index is 1.93. The van der Waals surface area contributed by atoms with Gasteiger partial charge in [0.15, 0.2) is 0 Å². The lowest BCUT2D eigenvalue weighted by Gasteiger charge is -2.17. The molecular formula is C14H14N2O2. The van der Waals surface area contributed by atoms with Crippen LogP contribution in [0.2, 0.25) is 0 Å². The summed E-state index contributed by atoms with van der Waals surface area (Å²) in [5.74, 6) is 1.40. The second-order valence-corrected chi connectivity index (χ2v) is 4.41. The molecule has 1 heterocycles. The predicted molar refractivity (Wildman–Crippen MR) is 66.9 cm³/mol. The maximum absolute atomic E-state index is 9.42. The zero-order chi connectivity index (χ0) is 12.4. The number of fused-ring (bicyclic) bond motifs is 1. The number of aromatic nitrogens is 2. The molecule has 0 fully saturated rings. The molecule has 0 bridgehead atoms. The number of aryl methyl sites for hydroxylation is 1. The summed E-state index contributed by atoms with van der Waals surface area (Å²) in [6, 6.07) is 6.75. The van der Waals surface area contributed by atoms with Crippen molar-refractivity contribution in [3.63, 3.8) is 0 Å². The van der Waals surface area contributed by atoms with E-state index in [9.17, 15) is 5.11 Å². The summed E-state index contributed by atoms with van der Waals surface area (Å²) < 4.78 is 5.75. The summed E-state index contributed by atoms with van der Waals surface area (Å²) in [5, 5.41) is 9.42. The van der Waals surface area contributed by atoms with E-state index in [2.05, 4.69) is 9.97 Å². The molecule has 1 aliphatic carbocycles. The summed E-state index contributed by atoms with van der Waals surface area (Å²) >= 11 is 0. The van der Waals surface area contributed by atoms with Crippen molar-refractivity contribution >= 4 is 0 Å². The number of ether oxygens (including phenoxy) is 1. The molecule has 1 aromatic heterocycles. The number of rotatable bonds is 2. The number of hydrogen-bond acceptors (Lipinski definition) is 4. The fourth-order valence-electron chi connectivity index (χ4n) is 2.24. The van der Waals surface area contributed by atoms with Crippen molar-refractivity contribution in [2.24, 2.45) is 0 Å². The summed E-state index contributed by atoms with van der Waals surface area (Å²) in [6.07, 6.45) is 5.83. The third kappa shape index (κ3) is 2.14. The van der Waals surface area contributed by atoms with Crippen molar-refractivity contribution in [2.45, 2.75) is 25.7 Å². The van der Waals surface area contributed by atoms with Crippen LogP contribution in [-0.4, -0.2) is 15.1 Å². The number of phenols is 1. The highest BCUT2D eigenvalue weighted by Crippen LogP contribution is 2.30. The fraction of sp³-hybridized carbons (Fsp3) is 0.286. The van der Waals surface area contributed by atoms with Gasteiger partial charge in [-0.15, -0.1) is 0 Å². The maximum atomic E-state index is 9.42. The number of phenolic OH excluding ortho intramolecular Hbond substituents is 1.